The Balaban J connectivity index is 1.71. The maximum Gasteiger partial charge on any atom is 0.146 e. The van der Waals surface area contributed by atoms with Gasteiger partial charge in [-0.25, -0.2) is 4.39 Å². The number of thioether (sulfide) groups is 1. The van der Waals surface area contributed by atoms with Crippen LogP contribution in [0.25, 0.3) is 0 Å². The van der Waals surface area contributed by atoms with Gasteiger partial charge in [0, 0.05) is 24.5 Å². The molecule has 0 bridgehead atoms. The van der Waals surface area contributed by atoms with E-state index in [-0.39, 0.29) is 17.5 Å². The number of hydrogen-bond donors (Lipinski definition) is 1. The topological polar surface area (TPSA) is 30.5 Å². The van der Waals surface area contributed by atoms with E-state index in [0.717, 1.165) is 31.6 Å². The summed E-state index contributed by atoms with van der Waals surface area (Å²) in [6.45, 7) is 0.754. The number of methoxy groups -OCH3 is 1. The molecule has 2 saturated heterocycles. The van der Waals surface area contributed by atoms with E-state index in [2.05, 4.69) is 5.32 Å². The molecule has 0 aromatic heterocycles. The van der Waals surface area contributed by atoms with Gasteiger partial charge in [0.15, 0.2) is 0 Å². The van der Waals surface area contributed by atoms with E-state index in [9.17, 15) is 4.39 Å². The van der Waals surface area contributed by atoms with Crippen LogP contribution in [-0.2, 0) is 4.74 Å². The number of benzene rings is 1. The van der Waals surface area contributed by atoms with Crippen LogP contribution in [0.1, 0.15) is 19.3 Å². The van der Waals surface area contributed by atoms with Crippen LogP contribution >= 0.6 is 11.8 Å². The Morgan fingerprint density at radius 2 is 2.40 bits per heavy atom. The van der Waals surface area contributed by atoms with Crippen LogP contribution in [0.3, 0.4) is 0 Å². The molecule has 1 aromatic rings. The van der Waals surface area contributed by atoms with Crippen LogP contribution < -0.4 is 10.1 Å². The van der Waals surface area contributed by atoms with E-state index in [4.69, 9.17) is 9.47 Å². The first-order chi connectivity index (χ1) is 9.71. The van der Waals surface area contributed by atoms with Crippen LogP contribution in [0, 0.1) is 5.82 Å². The summed E-state index contributed by atoms with van der Waals surface area (Å²) in [4.78, 5) is 0. The first kappa shape index (κ1) is 14.0. The molecule has 0 amide bonds. The zero-order valence-corrected chi connectivity index (χ0v) is 12.5. The summed E-state index contributed by atoms with van der Waals surface area (Å²) < 4.78 is 25.0. The van der Waals surface area contributed by atoms with E-state index in [1.54, 1.807) is 19.2 Å². The standard InChI is InChI=1S/C15H20FNO2S/c1-18-12-2-3-13(16)14(8-12)17-11-4-6-19-15(9-11)5-7-20-10-15/h2-3,8,11,17H,4-7,9-10H2,1H3. The monoisotopic (exact) mass is 297 g/mol. The van der Waals surface area contributed by atoms with Crippen molar-refractivity contribution in [2.24, 2.45) is 0 Å². The Bertz CT molecular complexity index is 477. The number of hydrogen-bond acceptors (Lipinski definition) is 4. The van der Waals surface area contributed by atoms with Gasteiger partial charge in [-0.1, -0.05) is 0 Å². The quantitative estimate of drug-likeness (QED) is 0.927. The van der Waals surface area contributed by atoms with Crippen molar-refractivity contribution in [1.82, 2.24) is 0 Å². The predicted octanol–water partition coefficient (Wildman–Crippen LogP) is 3.30. The van der Waals surface area contributed by atoms with Crippen LogP contribution in [0.2, 0.25) is 0 Å². The third kappa shape index (κ3) is 2.88. The maximum absolute atomic E-state index is 13.9. The van der Waals surface area contributed by atoms with Crippen LogP contribution in [-0.4, -0.2) is 36.9 Å². The molecular weight excluding hydrogens is 277 g/mol. The van der Waals surface area contributed by atoms with E-state index in [1.165, 1.54) is 11.8 Å². The Labute approximate surface area is 123 Å². The van der Waals surface area contributed by atoms with Crippen molar-refractivity contribution in [3.05, 3.63) is 24.0 Å². The van der Waals surface area contributed by atoms with Gasteiger partial charge in [-0.2, -0.15) is 11.8 Å². The number of nitrogens with one attached hydrogen (secondary N) is 1. The molecule has 1 spiro atoms. The zero-order valence-electron chi connectivity index (χ0n) is 11.7. The second kappa shape index (κ2) is 5.82. The molecule has 0 radical (unpaired) electrons. The summed E-state index contributed by atoms with van der Waals surface area (Å²) in [6.07, 6.45) is 2.98. The van der Waals surface area contributed by atoms with Crippen molar-refractivity contribution in [2.45, 2.75) is 30.9 Å². The number of halogens is 1. The Hall–Kier alpha value is -0.940. The number of ether oxygens (including phenoxy) is 2. The normalized spacial score (nSPS) is 29.6. The largest absolute Gasteiger partial charge is 0.497 e. The highest BCUT2D eigenvalue weighted by molar-refractivity contribution is 7.99. The molecule has 5 heteroatoms. The molecule has 2 heterocycles. The van der Waals surface area contributed by atoms with Crippen molar-refractivity contribution < 1.29 is 13.9 Å². The average molecular weight is 297 g/mol. The molecule has 2 aliphatic heterocycles. The molecule has 2 unspecified atom stereocenters. The van der Waals surface area contributed by atoms with E-state index < -0.39 is 0 Å². The summed E-state index contributed by atoms with van der Waals surface area (Å²) in [5.41, 5.74) is 0.535. The van der Waals surface area contributed by atoms with E-state index in [1.807, 2.05) is 11.8 Å². The molecule has 2 atom stereocenters. The molecule has 1 aromatic carbocycles. The lowest BCUT2D eigenvalue weighted by Crippen LogP contribution is -2.44. The van der Waals surface area contributed by atoms with Gasteiger partial charge >= 0.3 is 0 Å². The third-order valence-electron chi connectivity index (χ3n) is 4.09. The minimum Gasteiger partial charge on any atom is -0.497 e. The smallest absolute Gasteiger partial charge is 0.146 e. The van der Waals surface area contributed by atoms with Crippen LogP contribution in [0.5, 0.6) is 5.75 Å². The summed E-state index contributed by atoms with van der Waals surface area (Å²) in [5, 5.41) is 3.33. The third-order valence-corrected chi connectivity index (χ3v) is 5.32. The van der Waals surface area contributed by atoms with Crippen molar-refractivity contribution >= 4 is 17.4 Å². The van der Waals surface area contributed by atoms with Crippen molar-refractivity contribution in [2.75, 3.05) is 30.5 Å². The molecule has 0 saturated carbocycles. The summed E-state index contributed by atoms with van der Waals surface area (Å²) in [5.74, 6) is 2.67. The van der Waals surface area contributed by atoms with Gasteiger partial charge in [0.1, 0.15) is 11.6 Å². The second-order valence-corrected chi connectivity index (χ2v) is 6.62. The molecule has 0 aliphatic carbocycles. The molecule has 3 nitrogen and oxygen atoms in total. The lowest BCUT2D eigenvalue weighted by Gasteiger charge is -2.38. The molecule has 3 rings (SSSR count). The van der Waals surface area contributed by atoms with Crippen LogP contribution in [0.15, 0.2) is 18.2 Å². The molecule has 2 fully saturated rings. The molecule has 20 heavy (non-hydrogen) atoms. The Morgan fingerprint density at radius 1 is 1.50 bits per heavy atom. The molecule has 2 aliphatic rings. The fourth-order valence-electron chi connectivity index (χ4n) is 2.98. The van der Waals surface area contributed by atoms with Gasteiger partial charge in [-0.3, -0.25) is 0 Å². The van der Waals surface area contributed by atoms with Gasteiger partial charge in [-0.15, -0.1) is 0 Å². The minimum atomic E-state index is -0.230. The molecule has 110 valence electrons. The lowest BCUT2D eigenvalue weighted by atomic mass is 9.89. The highest BCUT2D eigenvalue weighted by Gasteiger charge is 2.40. The number of rotatable bonds is 3. The first-order valence-electron chi connectivity index (χ1n) is 7.03. The van der Waals surface area contributed by atoms with Gasteiger partial charge in [-0.05, 0) is 37.1 Å². The average Bonchev–Trinajstić information content (AvgIpc) is 2.89. The SMILES string of the molecule is COc1ccc(F)c(NC2CCOC3(CCSC3)C2)c1. The van der Waals surface area contributed by atoms with Crippen LogP contribution in [0.4, 0.5) is 10.1 Å². The fourth-order valence-corrected chi connectivity index (χ4v) is 4.35. The Morgan fingerprint density at radius 3 is 3.15 bits per heavy atom. The first-order valence-corrected chi connectivity index (χ1v) is 8.18. The van der Waals surface area contributed by atoms with Gasteiger partial charge in [0.05, 0.1) is 18.4 Å². The maximum atomic E-state index is 13.9. The Kier molecular flexibility index (Phi) is 4.08. The zero-order chi connectivity index (χ0) is 14.0. The summed E-state index contributed by atoms with van der Waals surface area (Å²) >= 11 is 1.95. The highest BCUT2D eigenvalue weighted by atomic mass is 32.2. The second-order valence-electron chi connectivity index (χ2n) is 5.51. The van der Waals surface area contributed by atoms with Crippen molar-refractivity contribution in [1.29, 1.82) is 0 Å². The lowest BCUT2D eigenvalue weighted by molar-refractivity contribution is -0.0628. The molecular formula is C15H20FNO2S. The van der Waals surface area contributed by atoms with Crippen molar-refractivity contribution in [3.63, 3.8) is 0 Å². The van der Waals surface area contributed by atoms with E-state index >= 15 is 0 Å². The minimum absolute atomic E-state index is 0.00985. The highest BCUT2D eigenvalue weighted by Crippen LogP contribution is 2.39. The predicted molar refractivity (Wildman–Crippen MR) is 80.2 cm³/mol. The summed E-state index contributed by atoms with van der Waals surface area (Å²) in [7, 11) is 1.59. The van der Waals surface area contributed by atoms with Gasteiger partial charge < -0.3 is 14.8 Å². The van der Waals surface area contributed by atoms with Gasteiger partial charge in [0.2, 0.25) is 0 Å². The molecule has 1 N–H and O–H groups in total. The van der Waals surface area contributed by atoms with E-state index in [0.29, 0.717) is 11.4 Å². The fraction of sp³-hybridized carbons (Fsp3) is 0.600. The van der Waals surface area contributed by atoms with Gasteiger partial charge in [0.25, 0.3) is 0 Å². The number of anilines is 1. The van der Waals surface area contributed by atoms with Crippen molar-refractivity contribution in [3.8, 4) is 5.75 Å². The summed E-state index contributed by atoms with van der Waals surface area (Å²) in [6, 6.07) is 5.08.